The molecule has 1 saturated carbocycles. The predicted octanol–water partition coefficient (Wildman–Crippen LogP) is 4.47. The van der Waals surface area contributed by atoms with Crippen LogP contribution in [-0.2, 0) is 6.42 Å². The Balaban J connectivity index is 1.70. The molecule has 106 valence electrons. The molecule has 2 aromatic rings. The van der Waals surface area contributed by atoms with E-state index in [2.05, 4.69) is 6.92 Å². The molecule has 1 aromatic heterocycles. The van der Waals surface area contributed by atoms with Gasteiger partial charge in [0, 0.05) is 12.3 Å². The number of halogens is 2. The van der Waals surface area contributed by atoms with Gasteiger partial charge in [0.25, 0.3) is 0 Å². The molecule has 0 bridgehead atoms. The highest BCUT2D eigenvalue weighted by atomic mass is 35.5. The lowest BCUT2D eigenvalue weighted by Gasteiger charge is -2.08. The second-order valence-corrected chi connectivity index (χ2v) is 5.94. The van der Waals surface area contributed by atoms with Gasteiger partial charge in [0.15, 0.2) is 0 Å². The van der Waals surface area contributed by atoms with Gasteiger partial charge in [-0.1, -0.05) is 24.6 Å². The number of hydrogen-bond acceptors (Lipinski definition) is 2. The van der Waals surface area contributed by atoms with Crippen molar-refractivity contribution >= 4 is 11.6 Å². The molecule has 1 N–H and O–H groups in total. The van der Waals surface area contributed by atoms with Gasteiger partial charge >= 0.3 is 0 Å². The van der Waals surface area contributed by atoms with Crippen LogP contribution in [0.5, 0.6) is 0 Å². The van der Waals surface area contributed by atoms with E-state index in [1.807, 2.05) is 6.07 Å². The molecular weight excluding hydrogens is 279 g/mol. The molecular formula is C16H16ClFO2. The Morgan fingerprint density at radius 2 is 2.15 bits per heavy atom. The maximum atomic E-state index is 13.4. The molecule has 3 unspecified atom stereocenters. The van der Waals surface area contributed by atoms with E-state index in [1.165, 1.54) is 12.1 Å². The molecule has 3 rings (SSSR count). The van der Waals surface area contributed by atoms with Crippen LogP contribution < -0.4 is 0 Å². The van der Waals surface area contributed by atoms with Crippen molar-refractivity contribution in [3.8, 4) is 0 Å². The number of benzene rings is 1. The third kappa shape index (κ3) is 2.74. The molecule has 20 heavy (non-hydrogen) atoms. The van der Waals surface area contributed by atoms with Crippen LogP contribution in [0.25, 0.3) is 0 Å². The highest BCUT2D eigenvalue weighted by molar-refractivity contribution is 6.30. The summed E-state index contributed by atoms with van der Waals surface area (Å²) in [6.07, 6.45) is 0.686. The van der Waals surface area contributed by atoms with E-state index < -0.39 is 11.9 Å². The summed E-state index contributed by atoms with van der Waals surface area (Å²) < 4.78 is 19.1. The quantitative estimate of drug-likeness (QED) is 0.902. The predicted molar refractivity (Wildman–Crippen MR) is 75.3 cm³/mol. The van der Waals surface area contributed by atoms with E-state index in [-0.39, 0.29) is 5.02 Å². The van der Waals surface area contributed by atoms with Gasteiger partial charge in [-0.25, -0.2) is 4.39 Å². The smallest absolute Gasteiger partial charge is 0.142 e. The molecule has 1 aliphatic carbocycles. The Morgan fingerprint density at radius 3 is 2.80 bits per heavy atom. The highest BCUT2D eigenvalue weighted by Crippen LogP contribution is 2.47. The van der Waals surface area contributed by atoms with Crippen LogP contribution in [0.1, 0.15) is 42.5 Å². The maximum Gasteiger partial charge on any atom is 0.142 e. The summed E-state index contributed by atoms with van der Waals surface area (Å²) in [4.78, 5) is 0. The number of aliphatic hydroxyl groups excluding tert-OH is 1. The van der Waals surface area contributed by atoms with Gasteiger partial charge in [-0.3, -0.25) is 0 Å². The molecule has 2 nitrogen and oxygen atoms in total. The summed E-state index contributed by atoms with van der Waals surface area (Å²) >= 11 is 5.64. The minimum Gasteiger partial charge on any atom is -0.463 e. The van der Waals surface area contributed by atoms with Gasteiger partial charge < -0.3 is 9.52 Å². The average molecular weight is 295 g/mol. The van der Waals surface area contributed by atoms with E-state index in [4.69, 9.17) is 16.0 Å². The Kier molecular flexibility index (Phi) is 3.57. The molecule has 0 aliphatic heterocycles. The maximum absolute atomic E-state index is 13.4. The second kappa shape index (κ2) is 5.23. The lowest BCUT2D eigenvalue weighted by Crippen LogP contribution is -2.01. The van der Waals surface area contributed by atoms with Crippen LogP contribution in [0.3, 0.4) is 0 Å². The zero-order chi connectivity index (χ0) is 14.3. The van der Waals surface area contributed by atoms with Crippen molar-refractivity contribution in [1.29, 1.82) is 0 Å². The Hall–Kier alpha value is -1.32. The molecule has 1 aromatic carbocycles. The Bertz CT molecular complexity index is 623. The topological polar surface area (TPSA) is 33.4 Å². The van der Waals surface area contributed by atoms with Crippen LogP contribution >= 0.6 is 11.6 Å². The van der Waals surface area contributed by atoms with Crippen LogP contribution in [-0.4, -0.2) is 5.11 Å². The van der Waals surface area contributed by atoms with E-state index in [0.29, 0.717) is 29.6 Å². The van der Waals surface area contributed by atoms with Gasteiger partial charge in [-0.15, -0.1) is 0 Å². The standard InChI is InChI=1S/C16H16ClFO2/c1-9-6-11(9)15-4-5-16(20-15)14(19)8-10-2-3-12(17)13(18)7-10/h2-5,7,9,11,14,19H,6,8H2,1H3. The molecule has 0 saturated heterocycles. The van der Waals surface area contributed by atoms with Gasteiger partial charge in [-0.2, -0.15) is 0 Å². The van der Waals surface area contributed by atoms with Crippen molar-refractivity contribution in [2.24, 2.45) is 5.92 Å². The number of hydrogen-bond donors (Lipinski definition) is 1. The van der Waals surface area contributed by atoms with Gasteiger partial charge in [0.1, 0.15) is 23.4 Å². The van der Waals surface area contributed by atoms with Crippen LogP contribution in [0.2, 0.25) is 5.02 Å². The van der Waals surface area contributed by atoms with E-state index in [0.717, 1.165) is 12.2 Å². The summed E-state index contributed by atoms with van der Waals surface area (Å²) in [5.74, 6) is 2.16. The monoisotopic (exact) mass is 294 g/mol. The fourth-order valence-electron chi connectivity index (χ4n) is 2.46. The summed E-state index contributed by atoms with van der Waals surface area (Å²) in [5, 5.41) is 10.3. The van der Waals surface area contributed by atoms with Crippen LogP contribution in [0.15, 0.2) is 34.7 Å². The normalized spacial score (nSPS) is 22.8. The van der Waals surface area contributed by atoms with Crippen molar-refractivity contribution in [3.05, 3.63) is 58.3 Å². The second-order valence-electron chi connectivity index (χ2n) is 5.53. The lowest BCUT2D eigenvalue weighted by molar-refractivity contribution is 0.148. The Morgan fingerprint density at radius 1 is 1.40 bits per heavy atom. The van der Waals surface area contributed by atoms with Crippen molar-refractivity contribution in [3.63, 3.8) is 0 Å². The Labute approximate surface area is 122 Å². The van der Waals surface area contributed by atoms with E-state index >= 15 is 0 Å². The highest BCUT2D eigenvalue weighted by Gasteiger charge is 2.36. The molecule has 4 heteroatoms. The molecule has 0 amide bonds. The number of aliphatic hydroxyl groups is 1. The van der Waals surface area contributed by atoms with Gasteiger partial charge in [0.2, 0.25) is 0 Å². The summed E-state index contributed by atoms with van der Waals surface area (Å²) in [6.45, 7) is 2.18. The minimum absolute atomic E-state index is 0.0891. The molecule has 0 radical (unpaired) electrons. The number of furan rings is 1. The fourth-order valence-corrected chi connectivity index (χ4v) is 2.57. The van der Waals surface area contributed by atoms with Crippen LogP contribution in [0.4, 0.5) is 4.39 Å². The van der Waals surface area contributed by atoms with Gasteiger partial charge in [0.05, 0.1) is 5.02 Å². The molecule has 1 heterocycles. The zero-order valence-corrected chi connectivity index (χ0v) is 11.9. The van der Waals surface area contributed by atoms with Crippen molar-refractivity contribution in [1.82, 2.24) is 0 Å². The first-order valence-corrected chi connectivity index (χ1v) is 7.14. The summed E-state index contributed by atoms with van der Waals surface area (Å²) in [5.41, 5.74) is 0.692. The SMILES string of the molecule is CC1CC1c1ccc(C(O)Cc2ccc(Cl)c(F)c2)o1. The first-order chi connectivity index (χ1) is 9.54. The van der Waals surface area contributed by atoms with Crippen molar-refractivity contribution in [2.75, 3.05) is 0 Å². The van der Waals surface area contributed by atoms with Crippen LogP contribution in [0, 0.1) is 11.7 Å². The molecule has 0 spiro atoms. The summed E-state index contributed by atoms with van der Waals surface area (Å²) in [7, 11) is 0. The molecule has 1 aliphatic rings. The molecule has 3 atom stereocenters. The minimum atomic E-state index is -0.765. The van der Waals surface area contributed by atoms with Crippen molar-refractivity contribution < 1.29 is 13.9 Å². The van der Waals surface area contributed by atoms with Crippen molar-refractivity contribution in [2.45, 2.75) is 31.8 Å². The average Bonchev–Trinajstić information content (AvgIpc) is 2.95. The molecule has 1 fully saturated rings. The third-order valence-corrected chi connectivity index (χ3v) is 4.17. The fraction of sp³-hybridized carbons (Fsp3) is 0.375. The zero-order valence-electron chi connectivity index (χ0n) is 11.1. The summed E-state index contributed by atoms with van der Waals surface area (Å²) in [6, 6.07) is 8.28. The van der Waals surface area contributed by atoms with E-state index in [1.54, 1.807) is 12.1 Å². The lowest BCUT2D eigenvalue weighted by atomic mass is 10.1. The first kappa shape index (κ1) is 13.7. The first-order valence-electron chi connectivity index (χ1n) is 6.76. The number of rotatable bonds is 4. The van der Waals surface area contributed by atoms with Gasteiger partial charge in [-0.05, 0) is 42.2 Å². The largest absolute Gasteiger partial charge is 0.463 e. The van der Waals surface area contributed by atoms with E-state index in [9.17, 15) is 9.50 Å². The third-order valence-electron chi connectivity index (χ3n) is 3.86.